The number of benzene rings is 1. The Balaban J connectivity index is 1.67. The lowest BCUT2D eigenvalue weighted by Crippen LogP contribution is -2.26. The lowest BCUT2D eigenvalue weighted by atomic mass is 10.2. The van der Waals surface area contributed by atoms with Crippen molar-refractivity contribution in [3.8, 4) is 0 Å². The van der Waals surface area contributed by atoms with Crippen molar-refractivity contribution in [3.63, 3.8) is 0 Å². The summed E-state index contributed by atoms with van der Waals surface area (Å²) in [6, 6.07) is 10.3. The van der Waals surface area contributed by atoms with Gasteiger partial charge in [-0.1, -0.05) is 12.1 Å². The van der Waals surface area contributed by atoms with Crippen LogP contribution in [-0.4, -0.2) is 53.0 Å². The van der Waals surface area contributed by atoms with E-state index in [9.17, 15) is 8.42 Å². The van der Waals surface area contributed by atoms with Gasteiger partial charge in [-0.15, -0.1) is 15.3 Å². The molecule has 144 valence electrons. The van der Waals surface area contributed by atoms with Crippen LogP contribution in [0.4, 0.5) is 5.82 Å². The summed E-state index contributed by atoms with van der Waals surface area (Å²) in [5, 5.41) is 24.5. The molecule has 0 atom stereocenters. The molecule has 3 N–H and O–H groups in total. The van der Waals surface area contributed by atoms with E-state index < -0.39 is 10.0 Å². The van der Waals surface area contributed by atoms with Crippen LogP contribution < -0.4 is 10.0 Å². The van der Waals surface area contributed by atoms with Gasteiger partial charge in [-0.2, -0.15) is 4.52 Å². The summed E-state index contributed by atoms with van der Waals surface area (Å²) in [6.07, 6.45) is 0.967. The summed E-state index contributed by atoms with van der Waals surface area (Å²) in [6.45, 7) is 2.73. The van der Waals surface area contributed by atoms with Crippen LogP contribution in [0, 0.1) is 6.92 Å². The van der Waals surface area contributed by atoms with Crippen LogP contribution in [0.2, 0.25) is 0 Å². The minimum atomic E-state index is -3.58. The van der Waals surface area contributed by atoms with Crippen molar-refractivity contribution in [3.05, 3.63) is 47.8 Å². The van der Waals surface area contributed by atoms with Crippen LogP contribution in [0.3, 0.4) is 0 Å². The zero-order chi connectivity index (χ0) is 19.3. The van der Waals surface area contributed by atoms with Gasteiger partial charge in [0.1, 0.15) is 5.82 Å². The second kappa shape index (κ2) is 8.42. The molecule has 0 spiro atoms. The van der Waals surface area contributed by atoms with E-state index in [1.165, 1.54) is 0 Å². The zero-order valence-corrected chi connectivity index (χ0v) is 15.8. The number of aryl methyl sites for hydroxylation is 1. The van der Waals surface area contributed by atoms with E-state index >= 15 is 0 Å². The number of nitrogens with one attached hydrogen (secondary N) is 2. The molecule has 0 amide bonds. The molecule has 0 unspecified atom stereocenters. The van der Waals surface area contributed by atoms with E-state index in [2.05, 4.69) is 25.3 Å². The van der Waals surface area contributed by atoms with Gasteiger partial charge in [-0.05, 0) is 43.2 Å². The quantitative estimate of drug-likeness (QED) is 0.461. The fraction of sp³-hybridized carbons (Fsp3) is 0.353. The van der Waals surface area contributed by atoms with E-state index in [4.69, 9.17) is 5.11 Å². The van der Waals surface area contributed by atoms with Gasteiger partial charge in [0.15, 0.2) is 11.5 Å². The van der Waals surface area contributed by atoms with Crippen LogP contribution in [0.15, 0.2) is 41.3 Å². The summed E-state index contributed by atoms with van der Waals surface area (Å²) in [5.41, 5.74) is 1.46. The third kappa shape index (κ3) is 4.79. The topological polar surface area (TPSA) is 122 Å². The highest BCUT2D eigenvalue weighted by atomic mass is 32.2. The number of fused-ring (bicyclic) bond motifs is 1. The minimum absolute atomic E-state index is 0.105. The molecule has 27 heavy (non-hydrogen) atoms. The first-order valence-electron chi connectivity index (χ1n) is 8.62. The van der Waals surface area contributed by atoms with Crippen LogP contribution in [0.5, 0.6) is 0 Å². The molecule has 0 saturated heterocycles. The Hall–Kier alpha value is -2.56. The number of hydrogen-bond acceptors (Lipinski definition) is 7. The Labute approximate surface area is 157 Å². The lowest BCUT2D eigenvalue weighted by Gasteiger charge is -2.07. The van der Waals surface area contributed by atoms with Crippen molar-refractivity contribution in [1.29, 1.82) is 0 Å². The maximum atomic E-state index is 12.4. The number of aliphatic hydroxyl groups excluding tert-OH is 1. The Morgan fingerprint density at radius 2 is 2.00 bits per heavy atom. The number of hydrogen-bond donors (Lipinski definition) is 3. The summed E-state index contributed by atoms with van der Waals surface area (Å²) < 4.78 is 28.9. The molecule has 10 heteroatoms. The number of anilines is 1. The minimum Gasteiger partial charge on any atom is -0.396 e. The van der Waals surface area contributed by atoms with Crippen molar-refractivity contribution in [2.24, 2.45) is 0 Å². The highest BCUT2D eigenvalue weighted by molar-refractivity contribution is 7.89. The Kier molecular flexibility index (Phi) is 5.99. The fourth-order valence-electron chi connectivity index (χ4n) is 2.54. The van der Waals surface area contributed by atoms with E-state index in [-0.39, 0.29) is 18.0 Å². The fourth-order valence-corrected chi connectivity index (χ4v) is 3.68. The predicted octanol–water partition coefficient (Wildman–Crippen LogP) is 0.748. The van der Waals surface area contributed by atoms with Gasteiger partial charge in [0, 0.05) is 26.1 Å². The molecule has 2 heterocycles. The maximum absolute atomic E-state index is 12.4. The van der Waals surface area contributed by atoms with Crippen LogP contribution >= 0.6 is 0 Å². The average Bonchev–Trinajstić information content (AvgIpc) is 3.04. The molecular formula is C17H22N6O3S. The summed E-state index contributed by atoms with van der Waals surface area (Å²) in [7, 11) is -3.58. The number of aliphatic hydroxyl groups is 1. The molecule has 2 aromatic heterocycles. The largest absolute Gasteiger partial charge is 0.396 e. The van der Waals surface area contributed by atoms with E-state index in [0.29, 0.717) is 36.7 Å². The molecule has 0 aliphatic heterocycles. The average molecular weight is 390 g/mol. The number of rotatable bonds is 9. The number of aromatic nitrogens is 4. The lowest BCUT2D eigenvalue weighted by molar-refractivity contribution is 0.292. The van der Waals surface area contributed by atoms with Gasteiger partial charge in [0.25, 0.3) is 0 Å². The van der Waals surface area contributed by atoms with Crippen molar-refractivity contribution >= 4 is 21.5 Å². The van der Waals surface area contributed by atoms with Crippen molar-refractivity contribution in [2.75, 3.05) is 25.0 Å². The number of nitrogens with zero attached hydrogens (tertiary/aromatic N) is 4. The molecule has 0 fully saturated rings. The molecule has 0 radical (unpaired) electrons. The van der Waals surface area contributed by atoms with Crippen molar-refractivity contribution in [1.82, 2.24) is 24.5 Å². The Morgan fingerprint density at radius 3 is 2.78 bits per heavy atom. The Morgan fingerprint density at radius 1 is 1.15 bits per heavy atom. The van der Waals surface area contributed by atoms with Gasteiger partial charge >= 0.3 is 0 Å². The van der Waals surface area contributed by atoms with Crippen LogP contribution in [0.25, 0.3) is 5.65 Å². The third-order valence-electron chi connectivity index (χ3n) is 3.91. The highest BCUT2D eigenvalue weighted by Gasteiger charge is 2.14. The second-order valence-corrected chi connectivity index (χ2v) is 7.84. The maximum Gasteiger partial charge on any atom is 0.240 e. The molecule has 0 aliphatic carbocycles. The first kappa shape index (κ1) is 19.2. The second-order valence-electron chi connectivity index (χ2n) is 6.07. The van der Waals surface area contributed by atoms with Crippen molar-refractivity contribution < 1.29 is 13.5 Å². The van der Waals surface area contributed by atoms with Gasteiger partial charge in [0.05, 0.1) is 4.90 Å². The normalized spacial score (nSPS) is 11.8. The summed E-state index contributed by atoms with van der Waals surface area (Å²) >= 11 is 0. The van der Waals surface area contributed by atoms with Crippen LogP contribution in [0.1, 0.15) is 17.8 Å². The first-order valence-corrected chi connectivity index (χ1v) is 10.1. The smallest absolute Gasteiger partial charge is 0.240 e. The zero-order valence-electron chi connectivity index (χ0n) is 15.0. The molecule has 1 aromatic carbocycles. The number of sulfonamides is 1. The predicted molar refractivity (Wildman–Crippen MR) is 101 cm³/mol. The van der Waals surface area contributed by atoms with Gasteiger partial charge in [-0.3, -0.25) is 0 Å². The highest BCUT2D eigenvalue weighted by Crippen LogP contribution is 2.11. The molecule has 3 aromatic rings. The summed E-state index contributed by atoms with van der Waals surface area (Å²) in [4.78, 5) is 0.238. The molecule has 0 bridgehead atoms. The molecule has 3 rings (SSSR count). The van der Waals surface area contributed by atoms with Crippen LogP contribution in [-0.2, 0) is 16.4 Å². The van der Waals surface area contributed by atoms with E-state index in [1.54, 1.807) is 34.8 Å². The first-order chi connectivity index (χ1) is 13.0. The monoisotopic (exact) mass is 390 g/mol. The molecule has 0 saturated carbocycles. The molecule has 9 nitrogen and oxygen atoms in total. The standard InChI is InChI=1S/C17H22N6O3S/c1-13-4-2-5-14(12-13)27(25,26)19-10-8-17-21-20-16-7-6-15(22-23(16)17)18-9-3-11-24/h2,4-7,12,19,24H,3,8-11H2,1H3,(H,18,22). The molecule has 0 aliphatic rings. The van der Waals surface area contributed by atoms with Gasteiger partial charge in [0.2, 0.25) is 10.0 Å². The molecular weight excluding hydrogens is 368 g/mol. The van der Waals surface area contributed by atoms with Gasteiger partial charge < -0.3 is 10.4 Å². The SMILES string of the molecule is Cc1cccc(S(=O)(=O)NCCc2nnc3ccc(NCCCO)nn23)c1. The van der Waals surface area contributed by atoms with Gasteiger partial charge in [-0.25, -0.2) is 13.1 Å². The summed E-state index contributed by atoms with van der Waals surface area (Å²) in [5.74, 6) is 1.19. The Bertz CT molecular complexity index is 1020. The van der Waals surface area contributed by atoms with E-state index in [0.717, 1.165) is 5.56 Å². The van der Waals surface area contributed by atoms with Crippen molar-refractivity contribution in [2.45, 2.75) is 24.7 Å². The van der Waals surface area contributed by atoms with E-state index in [1.807, 2.05) is 13.0 Å². The third-order valence-corrected chi connectivity index (χ3v) is 5.37.